The van der Waals surface area contributed by atoms with E-state index in [1.807, 2.05) is 4.90 Å². The number of nitrogens with zero attached hydrogens (tertiary/aromatic N) is 2. The summed E-state index contributed by atoms with van der Waals surface area (Å²) in [6, 6.07) is 5.82. The first kappa shape index (κ1) is 20.3. The standard InChI is InChI=1S/C22H31N3O3/c1-24-13-5-4-6-19(24)9-12-23-18-10-14-25(15-11-18)22(26)17-7-8-20(27-2)21(16-17)28-3/h4-8,16,18,23H,9-15H2,1-3H3. The van der Waals surface area contributed by atoms with Gasteiger partial charge >= 0.3 is 0 Å². The fourth-order valence-corrected chi connectivity index (χ4v) is 3.76. The van der Waals surface area contributed by atoms with Crippen molar-refractivity contribution in [2.24, 2.45) is 0 Å². The SMILES string of the molecule is COc1ccc(C(=O)N2CCC(NCCC3=CC=CCN3C)CC2)cc1OC. The van der Waals surface area contributed by atoms with Gasteiger partial charge in [0, 0.05) is 50.5 Å². The Kier molecular flexibility index (Phi) is 6.98. The molecule has 0 spiro atoms. The molecule has 0 aliphatic carbocycles. The number of amides is 1. The Morgan fingerprint density at radius 1 is 1.18 bits per heavy atom. The molecule has 152 valence electrons. The lowest BCUT2D eigenvalue weighted by Crippen LogP contribution is -2.45. The number of benzene rings is 1. The molecular formula is C22H31N3O3. The number of rotatable bonds is 7. The molecule has 6 heteroatoms. The fraction of sp³-hybridized carbons (Fsp3) is 0.500. The molecule has 2 heterocycles. The number of ether oxygens (including phenoxy) is 2. The summed E-state index contributed by atoms with van der Waals surface area (Å²) in [5.41, 5.74) is 2.01. The topological polar surface area (TPSA) is 54.0 Å². The quantitative estimate of drug-likeness (QED) is 0.782. The van der Waals surface area contributed by atoms with E-state index in [4.69, 9.17) is 9.47 Å². The van der Waals surface area contributed by atoms with E-state index in [-0.39, 0.29) is 5.91 Å². The lowest BCUT2D eigenvalue weighted by Gasteiger charge is -2.33. The molecule has 6 nitrogen and oxygen atoms in total. The first-order valence-electron chi connectivity index (χ1n) is 9.94. The van der Waals surface area contributed by atoms with Gasteiger partial charge in [0.05, 0.1) is 14.2 Å². The number of likely N-dealkylation sites (N-methyl/N-ethyl adjacent to an activating group) is 1. The van der Waals surface area contributed by atoms with Gasteiger partial charge < -0.3 is 24.6 Å². The highest BCUT2D eigenvalue weighted by Gasteiger charge is 2.24. The maximum absolute atomic E-state index is 12.8. The number of carbonyl (C=O) groups is 1. The molecule has 1 saturated heterocycles. The van der Waals surface area contributed by atoms with Crippen molar-refractivity contribution in [2.75, 3.05) is 47.4 Å². The molecule has 28 heavy (non-hydrogen) atoms. The van der Waals surface area contributed by atoms with Crippen LogP contribution in [0.2, 0.25) is 0 Å². The second-order valence-corrected chi connectivity index (χ2v) is 7.31. The van der Waals surface area contributed by atoms with Gasteiger partial charge in [0.15, 0.2) is 11.5 Å². The summed E-state index contributed by atoms with van der Waals surface area (Å²) >= 11 is 0. The third kappa shape index (κ3) is 4.87. The highest BCUT2D eigenvalue weighted by atomic mass is 16.5. The van der Waals surface area contributed by atoms with Crippen molar-refractivity contribution in [1.82, 2.24) is 15.1 Å². The van der Waals surface area contributed by atoms with Gasteiger partial charge in [-0.15, -0.1) is 0 Å². The van der Waals surface area contributed by atoms with E-state index in [0.717, 1.165) is 45.4 Å². The summed E-state index contributed by atoms with van der Waals surface area (Å²) in [6.07, 6.45) is 9.48. The van der Waals surface area contributed by atoms with E-state index in [2.05, 4.69) is 35.5 Å². The van der Waals surface area contributed by atoms with Gasteiger partial charge in [0.1, 0.15) is 0 Å². The summed E-state index contributed by atoms with van der Waals surface area (Å²) in [6.45, 7) is 3.51. The Hall–Kier alpha value is -2.47. The predicted molar refractivity (Wildman–Crippen MR) is 111 cm³/mol. The van der Waals surface area contributed by atoms with E-state index in [1.165, 1.54) is 5.70 Å². The smallest absolute Gasteiger partial charge is 0.253 e. The van der Waals surface area contributed by atoms with Crippen LogP contribution in [-0.4, -0.2) is 69.2 Å². The van der Waals surface area contributed by atoms with E-state index >= 15 is 0 Å². The minimum atomic E-state index is 0.0557. The maximum atomic E-state index is 12.8. The zero-order valence-electron chi connectivity index (χ0n) is 17.1. The Labute approximate surface area is 167 Å². The van der Waals surface area contributed by atoms with Crippen molar-refractivity contribution in [3.8, 4) is 11.5 Å². The molecule has 1 aromatic carbocycles. The third-order valence-corrected chi connectivity index (χ3v) is 5.52. The minimum Gasteiger partial charge on any atom is -0.493 e. The number of methoxy groups -OCH3 is 2. The largest absolute Gasteiger partial charge is 0.493 e. The van der Waals surface area contributed by atoms with E-state index in [1.54, 1.807) is 32.4 Å². The van der Waals surface area contributed by atoms with Gasteiger partial charge in [-0.05, 0) is 43.5 Å². The molecule has 0 unspecified atom stereocenters. The van der Waals surface area contributed by atoms with Crippen LogP contribution in [0.1, 0.15) is 29.6 Å². The monoisotopic (exact) mass is 385 g/mol. The van der Waals surface area contributed by atoms with Gasteiger partial charge in [0.2, 0.25) is 0 Å². The molecule has 1 aromatic rings. The molecule has 1 N–H and O–H groups in total. The molecule has 2 aliphatic rings. The van der Waals surface area contributed by atoms with Crippen LogP contribution in [0.5, 0.6) is 11.5 Å². The van der Waals surface area contributed by atoms with Crippen LogP contribution in [-0.2, 0) is 0 Å². The van der Waals surface area contributed by atoms with Crippen LogP contribution >= 0.6 is 0 Å². The first-order valence-corrected chi connectivity index (χ1v) is 9.94. The number of nitrogens with one attached hydrogen (secondary N) is 1. The minimum absolute atomic E-state index is 0.0557. The summed E-state index contributed by atoms with van der Waals surface area (Å²) in [4.78, 5) is 17.0. The highest BCUT2D eigenvalue weighted by molar-refractivity contribution is 5.95. The van der Waals surface area contributed by atoms with Crippen LogP contribution in [0.25, 0.3) is 0 Å². The van der Waals surface area contributed by atoms with Crippen molar-refractivity contribution in [3.63, 3.8) is 0 Å². The van der Waals surface area contributed by atoms with Crippen LogP contribution in [0, 0.1) is 0 Å². The van der Waals surface area contributed by atoms with Gasteiger partial charge in [-0.25, -0.2) is 0 Å². The number of hydrogen-bond donors (Lipinski definition) is 1. The van der Waals surface area contributed by atoms with Crippen molar-refractivity contribution < 1.29 is 14.3 Å². The molecule has 0 radical (unpaired) electrons. The van der Waals surface area contributed by atoms with Crippen LogP contribution in [0.15, 0.2) is 42.1 Å². The molecule has 3 rings (SSSR count). The van der Waals surface area contributed by atoms with Gasteiger partial charge in [-0.3, -0.25) is 4.79 Å². The lowest BCUT2D eigenvalue weighted by atomic mass is 10.0. The van der Waals surface area contributed by atoms with Gasteiger partial charge in [0.25, 0.3) is 5.91 Å². The van der Waals surface area contributed by atoms with Crippen molar-refractivity contribution >= 4 is 5.91 Å². The third-order valence-electron chi connectivity index (χ3n) is 5.52. The normalized spacial score (nSPS) is 17.5. The zero-order valence-corrected chi connectivity index (χ0v) is 17.1. The number of carbonyl (C=O) groups excluding carboxylic acids is 1. The molecule has 0 bridgehead atoms. The summed E-state index contributed by atoms with van der Waals surface area (Å²) in [7, 11) is 5.31. The Bertz CT molecular complexity index is 737. The van der Waals surface area contributed by atoms with Crippen molar-refractivity contribution in [2.45, 2.75) is 25.3 Å². The molecule has 1 fully saturated rings. The number of hydrogen-bond acceptors (Lipinski definition) is 5. The average molecular weight is 386 g/mol. The van der Waals surface area contributed by atoms with Gasteiger partial charge in [-0.1, -0.05) is 12.2 Å². The molecule has 0 atom stereocenters. The van der Waals surface area contributed by atoms with E-state index in [0.29, 0.717) is 23.1 Å². The molecule has 0 saturated carbocycles. The predicted octanol–water partition coefficient (Wildman–Crippen LogP) is 2.67. The zero-order chi connectivity index (χ0) is 19.9. The summed E-state index contributed by atoms with van der Waals surface area (Å²) in [5.74, 6) is 1.28. The number of piperidine rings is 1. The average Bonchev–Trinajstić information content (AvgIpc) is 2.74. The van der Waals surface area contributed by atoms with Crippen LogP contribution in [0.4, 0.5) is 0 Å². The lowest BCUT2D eigenvalue weighted by molar-refractivity contribution is 0.0705. The van der Waals surface area contributed by atoms with Gasteiger partial charge in [-0.2, -0.15) is 0 Å². The van der Waals surface area contributed by atoms with Crippen molar-refractivity contribution in [3.05, 3.63) is 47.7 Å². The van der Waals surface area contributed by atoms with Crippen LogP contribution < -0.4 is 14.8 Å². The second-order valence-electron chi connectivity index (χ2n) is 7.31. The molecule has 2 aliphatic heterocycles. The summed E-state index contributed by atoms with van der Waals surface area (Å²) in [5, 5.41) is 3.66. The van der Waals surface area contributed by atoms with E-state index < -0.39 is 0 Å². The maximum Gasteiger partial charge on any atom is 0.253 e. The highest BCUT2D eigenvalue weighted by Crippen LogP contribution is 2.28. The van der Waals surface area contributed by atoms with Crippen molar-refractivity contribution in [1.29, 1.82) is 0 Å². The Morgan fingerprint density at radius 3 is 2.61 bits per heavy atom. The summed E-state index contributed by atoms with van der Waals surface area (Å²) < 4.78 is 10.6. The van der Waals surface area contributed by atoms with E-state index in [9.17, 15) is 4.79 Å². The first-order chi connectivity index (χ1) is 13.6. The Morgan fingerprint density at radius 2 is 1.93 bits per heavy atom. The molecular weight excluding hydrogens is 354 g/mol. The Balaban J connectivity index is 1.46. The molecule has 0 aromatic heterocycles. The molecule has 1 amide bonds. The fourth-order valence-electron chi connectivity index (χ4n) is 3.76. The van der Waals surface area contributed by atoms with Crippen LogP contribution in [0.3, 0.4) is 0 Å². The number of likely N-dealkylation sites (tertiary alicyclic amines) is 1. The number of allylic oxidation sites excluding steroid dienone is 2. The second kappa shape index (κ2) is 9.64.